The maximum atomic E-state index is 13.2. The molecule has 6 atom stereocenters. The molecule has 5 rings (SSSR count). The van der Waals surface area contributed by atoms with E-state index in [1.807, 2.05) is 57.2 Å². The quantitative estimate of drug-likeness (QED) is 0.437. The van der Waals surface area contributed by atoms with E-state index in [0.29, 0.717) is 31.2 Å². The number of benzene rings is 2. The van der Waals surface area contributed by atoms with Crippen molar-refractivity contribution in [2.24, 2.45) is 11.3 Å². The van der Waals surface area contributed by atoms with Gasteiger partial charge in [0.25, 0.3) is 0 Å². The number of esters is 2. The molecule has 1 N–H and O–H groups in total. The van der Waals surface area contributed by atoms with Crippen molar-refractivity contribution in [3.05, 3.63) is 77.9 Å². The summed E-state index contributed by atoms with van der Waals surface area (Å²) in [5, 5.41) is 11.8. The van der Waals surface area contributed by atoms with Crippen molar-refractivity contribution in [1.82, 2.24) is 0 Å². The van der Waals surface area contributed by atoms with Gasteiger partial charge in [0.1, 0.15) is 17.8 Å². The average molecular weight is 505 g/mol. The molecule has 1 spiro atoms. The zero-order valence-corrected chi connectivity index (χ0v) is 22.0. The molecule has 2 bridgehead atoms. The highest BCUT2D eigenvalue weighted by Gasteiger charge is 2.77. The molecular weight excluding hydrogens is 468 g/mol. The first-order valence-corrected chi connectivity index (χ1v) is 13.1. The molecule has 1 heterocycles. The van der Waals surface area contributed by atoms with Gasteiger partial charge in [-0.3, -0.25) is 0 Å². The molecule has 0 aromatic heterocycles. The van der Waals surface area contributed by atoms with Gasteiger partial charge in [0.2, 0.25) is 0 Å². The van der Waals surface area contributed by atoms with Gasteiger partial charge >= 0.3 is 11.9 Å². The predicted molar refractivity (Wildman–Crippen MR) is 140 cm³/mol. The minimum Gasteiger partial charge on any atom is -0.458 e. The molecule has 0 radical (unpaired) electrons. The van der Waals surface area contributed by atoms with E-state index < -0.39 is 46.4 Å². The van der Waals surface area contributed by atoms with Crippen molar-refractivity contribution in [1.29, 1.82) is 0 Å². The fraction of sp³-hybridized carbons (Fsp3) is 0.484. The van der Waals surface area contributed by atoms with Crippen LogP contribution < -0.4 is 0 Å². The number of rotatable bonds is 5. The van der Waals surface area contributed by atoms with Crippen LogP contribution in [0.1, 0.15) is 69.3 Å². The summed E-state index contributed by atoms with van der Waals surface area (Å²) in [4.78, 5) is 26.3. The second-order valence-corrected chi connectivity index (χ2v) is 11.7. The Labute approximate surface area is 218 Å². The number of aliphatic hydroxyl groups is 1. The third-order valence-electron chi connectivity index (χ3n) is 9.15. The summed E-state index contributed by atoms with van der Waals surface area (Å²) >= 11 is 0. The summed E-state index contributed by atoms with van der Waals surface area (Å²) < 4.78 is 19.1. The Hall–Kier alpha value is -2.96. The summed E-state index contributed by atoms with van der Waals surface area (Å²) in [6.07, 6.45) is 3.95. The van der Waals surface area contributed by atoms with E-state index in [-0.39, 0.29) is 5.92 Å². The van der Waals surface area contributed by atoms with Crippen LogP contribution in [0.25, 0.3) is 6.08 Å². The van der Waals surface area contributed by atoms with Crippen LogP contribution in [0.2, 0.25) is 0 Å². The van der Waals surface area contributed by atoms with E-state index >= 15 is 0 Å². The third-order valence-corrected chi connectivity index (χ3v) is 9.15. The molecule has 1 aliphatic heterocycles. The number of hydrogen-bond donors (Lipinski definition) is 1. The molecule has 6 heteroatoms. The van der Waals surface area contributed by atoms with Crippen molar-refractivity contribution < 1.29 is 28.9 Å². The van der Waals surface area contributed by atoms with Gasteiger partial charge in [-0.15, -0.1) is 0 Å². The van der Waals surface area contributed by atoms with Crippen LogP contribution in [-0.2, 0) is 19.0 Å². The first-order chi connectivity index (χ1) is 17.5. The van der Waals surface area contributed by atoms with E-state index in [1.165, 1.54) is 6.08 Å². The Balaban J connectivity index is 1.50. The highest BCUT2D eigenvalue weighted by Crippen LogP contribution is 2.67. The lowest BCUT2D eigenvalue weighted by molar-refractivity contribution is -0.304. The summed E-state index contributed by atoms with van der Waals surface area (Å²) in [5.74, 6) is -0.828. The number of carbonyl (C=O) groups excluding carboxylic acids is 2. The minimum atomic E-state index is -1.19. The molecule has 2 aromatic rings. The van der Waals surface area contributed by atoms with Crippen LogP contribution in [0.15, 0.2) is 66.7 Å². The van der Waals surface area contributed by atoms with Crippen molar-refractivity contribution in [2.75, 3.05) is 0 Å². The van der Waals surface area contributed by atoms with Gasteiger partial charge in [-0.2, -0.15) is 0 Å². The van der Waals surface area contributed by atoms with Gasteiger partial charge in [0, 0.05) is 6.08 Å². The van der Waals surface area contributed by atoms with Gasteiger partial charge in [-0.05, 0) is 83.1 Å². The van der Waals surface area contributed by atoms with E-state index in [1.54, 1.807) is 37.3 Å². The van der Waals surface area contributed by atoms with Crippen LogP contribution >= 0.6 is 0 Å². The first-order valence-electron chi connectivity index (χ1n) is 13.1. The highest BCUT2D eigenvalue weighted by molar-refractivity contribution is 5.89. The fourth-order valence-corrected chi connectivity index (χ4v) is 6.95. The lowest BCUT2D eigenvalue weighted by Crippen LogP contribution is -2.74. The third kappa shape index (κ3) is 4.20. The SMILES string of the molecule is CC1(C)O[C@]23C[C@H]1C[C@H](OC(=O)/C=C\c1ccccc1)[C@]2(C)[C@@H](OC(=O)c1ccccc1)CC[C@]3(C)O. The summed E-state index contributed by atoms with van der Waals surface area (Å²) in [6.45, 7) is 7.82. The molecular formula is C31H36O6. The number of ether oxygens (including phenoxy) is 3. The van der Waals surface area contributed by atoms with Crippen molar-refractivity contribution in [3.63, 3.8) is 0 Å². The topological polar surface area (TPSA) is 82.1 Å². The molecule has 3 fully saturated rings. The Kier molecular flexibility index (Phi) is 6.32. The van der Waals surface area contributed by atoms with Crippen LogP contribution in [-0.4, -0.2) is 46.1 Å². The Morgan fingerprint density at radius 2 is 1.59 bits per heavy atom. The first kappa shape index (κ1) is 25.7. The maximum Gasteiger partial charge on any atom is 0.338 e. The molecule has 37 heavy (non-hydrogen) atoms. The summed E-state index contributed by atoms with van der Waals surface area (Å²) in [5.41, 5.74) is -2.37. The van der Waals surface area contributed by atoms with Gasteiger partial charge in [0.05, 0.1) is 22.2 Å². The molecule has 196 valence electrons. The Morgan fingerprint density at radius 3 is 2.27 bits per heavy atom. The van der Waals surface area contributed by atoms with Crippen LogP contribution in [0.3, 0.4) is 0 Å². The van der Waals surface area contributed by atoms with E-state index in [9.17, 15) is 14.7 Å². The minimum absolute atomic E-state index is 0.0755. The van der Waals surface area contributed by atoms with Crippen LogP contribution in [0.5, 0.6) is 0 Å². The molecule has 2 aliphatic carbocycles. The maximum absolute atomic E-state index is 13.2. The molecule has 2 aromatic carbocycles. The molecule has 1 saturated heterocycles. The van der Waals surface area contributed by atoms with Crippen molar-refractivity contribution in [2.45, 2.75) is 82.4 Å². The standard InChI is InChI=1S/C31H36O6/c1-28(2)23-19-25(35-26(32)16-15-21-11-7-5-8-12-21)30(4)24(36-27(33)22-13-9-6-10-14-22)17-18-29(3,34)31(30,20-23)37-28/h5-16,23-25,34H,17-20H2,1-4H3/b16-15-/t23-,24+,25+,29+,30+,31+/m1/s1. The second kappa shape index (κ2) is 9.10. The molecule has 3 aliphatic rings. The van der Waals surface area contributed by atoms with E-state index in [2.05, 4.69) is 0 Å². The fourth-order valence-electron chi connectivity index (χ4n) is 6.95. The normalized spacial score (nSPS) is 36.1. The Bertz CT molecular complexity index is 1190. The number of hydrogen-bond acceptors (Lipinski definition) is 6. The number of fused-ring (bicyclic) bond motifs is 1. The lowest BCUT2D eigenvalue weighted by atomic mass is 9.49. The zero-order valence-electron chi connectivity index (χ0n) is 22.0. The molecule has 2 saturated carbocycles. The van der Waals surface area contributed by atoms with Gasteiger partial charge in [-0.1, -0.05) is 48.5 Å². The summed E-state index contributed by atoms with van der Waals surface area (Å²) in [6, 6.07) is 18.4. The van der Waals surface area contributed by atoms with Crippen molar-refractivity contribution in [3.8, 4) is 0 Å². The lowest BCUT2D eigenvalue weighted by Gasteiger charge is -2.62. The average Bonchev–Trinajstić information content (AvgIpc) is 3.12. The van der Waals surface area contributed by atoms with E-state index in [0.717, 1.165) is 5.56 Å². The van der Waals surface area contributed by atoms with Crippen molar-refractivity contribution >= 4 is 18.0 Å². The van der Waals surface area contributed by atoms with Gasteiger partial charge in [0.15, 0.2) is 0 Å². The molecule has 0 unspecified atom stereocenters. The second-order valence-electron chi connectivity index (χ2n) is 11.7. The predicted octanol–water partition coefficient (Wildman–Crippen LogP) is 5.35. The van der Waals surface area contributed by atoms with Gasteiger partial charge < -0.3 is 19.3 Å². The molecule has 0 amide bonds. The number of carbonyl (C=O) groups is 2. The monoisotopic (exact) mass is 504 g/mol. The van der Waals surface area contributed by atoms with Crippen LogP contribution in [0, 0.1) is 11.3 Å². The zero-order chi connectivity index (χ0) is 26.5. The largest absolute Gasteiger partial charge is 0.458 e. The van der Waals surface area contributed by atoms with E-state index in [4.69, 9.17) is 14.2 Å². The molecule has 6 nitrogen and oxygen atoms in total. The van der Waals surface area contributed by atoms with Gasteiger partial charge in [-0.25, -0.2) is 9.59 Å². The smallest absolute Gasteiger partial charge is 0.338 e. The Morgan fingerprint density at radius 1 is 0.946 bits per heavy atom. The highest BCUT2D eigenvalue weighted by atomic mass is 16.6. The van der Waals surface area contributed by atoms with Crippen LogP contribution in [0.4, 0.5) is 0 Å². The summed E-state index contributed by atoms with van der Waals surface area (Å²) in [7, 11) is 0.